The molecule has 0 aliphatic carbocycles. The minimum Gasteiger partial charge on any atom is -0.464 e. The highest BCUT2D eigenvalue weighted by Crippen LogP contribution is 2.18. The van der Waals surface area contributed by atoms with Gasteiger partial charge in [-0.2, -0.15) is 11.8 Å². The predicted octanol–water partition coefficient (Wildman–Crippen LogP) is 1.67. The van der Waals surface area contributed by atoms with Crippen LogP contribution in [0.25, 0.3) is 0 Å². The molecule has 6 heteroatoms. The zero-order chi connectivity index (χ0) is 13.0. The van der Waals surface area contributed by atoms with Crippen molar-refractivity contribution in [3.05, 3.63) is 23.7 Å². The summed E-state index contributed by atoms with van der Waals surface area (Å²) >= 11 is 1.73. The van der Waals surface area contributed by atoms with Crippen LogP contribution < -0.4 is 5.32 Å². The minimum atomic E-state index is -2.76. The number of furan rings is 1. The normalized spacial score (nSPS) is 22.4. The van der Waals surface area contributed by atoms with Crippen molar-refractivity contribution < 1.29 is 12.8 Å². The van der Waals surface area contributed by atoms with E-state index in [0.717, 1.165) is 30.2 Å². The summed E-state index contributed by atoms with van der Waals surface area (Å²) in [7, 11) is -2.76. The summed E-state index contributed by atoms with van der Waals surface area (Å²) in [6, 6.07) is 3.97. The highest BCUT2D eigenvalue weighted by molar-refractivity contribution is 7.97. The highest BCUT2D eigenvalue weighted by atomic mass is 32.2. The van der Waals surface area contributed by atoms with Gasteiger partial charge in [-0.05, 0) is 37.3 Å². The van der Waals surface area contributed by atoms with Crippen LogP contribution in [0.15, 0.2) is 16.5 Å². The van der Waals surface area contributed by atoms with Crippen molar-refractivity contribution in [1.82, 2.24) is 5.32 Å². The van der Waals surface area contributed by atoms with Crippen molar-refractivity contribution in [3.63, 3.8) is 0 Å². The molecule has 1 aliphatic heterocycles. The van der Waals surface area contributed by atoms with Crippen molar-refractivity contribution in [1.29, 1.82) is 0 Å². The van der Waals surface area contributed by atoms with Crippen LogP contribution >= 0.6 is 11.8 Å². The Labute approximate surface area is 112 Å². The van der Waals surface area contributed by atoms with Gasteiger partial charge < -0.3 is 9.73 Å². The smallest absolute Gasteiger partial charge is 0.150 e. The lowest BCUT2D eigenvalue weighted by atomic mass is 10.1. The second kappa shape index (κ2) is 6.12. The molecule has 0 aromatic carbocycles. The van der Waals surface area contributed by atoms with Crippen LogP contribution in [-0.4, -0.2) is 32.7 Å². The fourth-order valence-electron chi connectivity index (χ4n) is 2.17. The van der Waals surface area contributed by atoms with E-state index in [9.17, 15) is 8.42 Å². The predicted molar refractivity (Wildman–Crippen MR) is 74.4 cm³/mol. The molecule has 2 heterocycles. The Kier molecular flexibility index (Phi) is 4.75. The van der Waals surface area contributed by atoms with Crippen molar-refractivity contribution in [2.24, 2.45) is 5.92 Å². The molecule has 2 rings (SSSR count). The van der Waals surface area contributed by atoms with Gasteiger partial charge in [-0.25, -0.2) is 8.42 Å². The molecular weight excluding hydrogens is 270 g/mol. The lowest BCUT2D eigenvalue weighted by molar-refractivity contribution is 0.441. The van der Waals surface area contributed by atoms with Gasteiger partial charge in [0.1, 0.15) is 11.5 Å². The molecule has 1 atom stereocenters. The first-order chi connectivity index (χ1) is 8.59. The number of rotatable bonds is 6. The average Bonchev–Trinajstić information content (AvgIpc) is 2.87. The first kappa shape index (κ1) is 14.0. The van der Waals surface area contributed by atoms with Gasteiger partial charge in [-0.3, -0.25) is 0 Å². The lowest BCUT2D eigenvalue weighted by Crippen LogP contribution is -2.23. The number of nitrogens with one attached hydrogen (secondary N) is 1. The van der Waals surface area contributed by atoms with Crippen molar-refractivity contribution in [2.45, 2.75) is 18.7 Å². The molecule has 0 radical (unpaired) electrons. The second-order valence-electron chi connectivity index (χ2n) is 4.70. The van der Waals surface area contributed by atoms with Gasteiger partial charge in [0.25, 0.3) is 0 Å². The zero-order valence-electron chi connectivity index (χ0n) is 10.5. The Morgan fingerprint density at radius 2 is 2.22 bits per heavy atom. The molecule has 1 aromatic heterocycles. The van der Waals surface area contributed by atoms with Gasteiger partial charge in [0.15, 0.2) is 9.84 Å². The van der Waals surface area contributed by atoms with E-state index in [4.69, 9.17) is 4.42 Å². The molecule has 0 spiro atoms. The van der Waals surface area contributed by atoms with Gasteiger partial charge in [0.05, 0.1) is 23.8 Å². The molecule has 1 fully saturated rings. The fourth-order valence-corrected chi connectivity index (χ4v) is 4.47. The Bertz CT molecular complexity index is 481. The van der Waals surface area contributed by atoms with Crippen molar-refractivity contribution in [2.75, 3.05) is 24.3 Å². The number of hydrogen-bond acceptors (Lipinski definition) is 5. The molecule has 0 amide bonds. The molecule has 1 aliphatic rings. The Morgan fingerprint density at radius 1 is 1.44 bits per heavy atom. The molecule has 4 nitrogen and oxygen atoms in total. The average molecular weight is 289 g/mol. The van der Waals surface area contributed by atoms with Crippen LogP contribution in [0.3, 0.4) is 0 Å². The van der Waals surface area contributed by atoms with Gasteiger partial charge >= 0.3 is 0 Å². The third-order valence-electron chi connectivity index (χ3n) is 3.06. The molecule has 0 saturated carbocycles. The standard InChI is InChI=1S/C12H19NO3S2/c1-17-8-12-3-2-11(16-12)7-13-6-10-4-5-18(14,15)9-10/h2-3,10,13H,4-9H2,1H3. The SMILES string of the molecule is CSCc1ccc(CNCC2CCS(=O)(=O)C2)o1. The maximum absolute atomic E-state index is 11.3. The van der Waals surface area contributed by atoms with E-state index < -0.39 is 9.84 Å². The number of thioether (sulfide) groups is 1. The van der Waals surface area contributed by atoms with Crippen molar-refractivity contribution in [3.8, 4) is 0 Å². The molecule has 1 aromatic rings. The Morgan fingerprint density at radius 3 is 2.89 bits per heavy atom. The summed E-state index contributed by atoms with van der Waals surface area (Å²) in [5.74, 6) is 3.73. The Balaban J connectivity index is 1.72. The van der Waals surface area contributed by atoms with Crippen LogP contribution in [0, 0.1) is 5.92 Å². The van der Waals surface area contributed by atoms with Crippen LogP contribution in [-0.2, 0) is 22.1 Å². The fraction of sp³-hybridized carbons (Fsp3) is 0.667. The summed E-state index contributed by atoms with van der Waals surface area (Å²) in [6.07, 6.45) is 2.83. The Hall–Kier alpha value is -0.460. The summed E-state index contributed by atoms with van der Waals surface area (Å²) in [5.41, 5.74) is 0. The van der Waals surface area contributed by atoms with Crippen molar-refractivity contribution >= 4 is 21.6 Å². The van der Waals surface area contributed by atoms with E-state index in [1.165, 1.54) is 0 Å². The largest absolute Gasteiger partial charge is 0.464 e. The number of hydrogen-bond donors (Lipinski definition) is 1. The molecule has 1 saturated heterocycles. The summed E-state index contributed by atoms with van der Waals surface area (Å²) < 4.78 is 28.2. The quantitative estimate of drug-likeness (QED) is 0.863. The summed E-state index contributed by atoms with van der Waals surface area (Å²) in [6.45, 7) is 1.42. The molecule has 102 valence electrons. The number of sulfone groups is 1. The van der Waals surface area contributed by atoms with Gasteiger partial charge in [0, 0.05) is 0 Å². The van der Waals surface area contributed by atoms with E-state index >= 15 is 0 Å². The minimum absolute atomic E-state index is 0.260. The molecule has 1 unspecified atom stereocenters. The van der Waals surface area contributed by atoms with Crippen LogP contribution in [0.4, 0.5) is 0 Å². The van der Waals surface area contributed by atoms with E-state index in [2.05, 4.69) is 5.32 Å². The maximum atomic E-state index is 11.3. The first-order valence-corrected chi connectivity index (χ1v) is 9.28. The van der Waals surface area contributed by atoms with Crippen LogP contribution in [0.2, 0.25) is 0 Å². The third-order valence-corrected chi connectivity index (χ3v) is 5.47. The molecular formula is C12H19NO3S2. The van der Waals surface area contributed by atoms with E-state index in [1.54, 1.807) is 11.8 Å². The third kappa shape index (κ3) is 4.03. The van der Waals surface area contributed by atoms with E-state index in [1.807, 2.05) is 18.4 Å². The van der Waals surface area contributed by atoms with Crippen LogP contribution in [0.5, 0.6) is 0 Å². The molecule has 0 bridgehead atoms. The van der Waals surface area contributed by atoms with Crippen LogP contribution in [0.1, 0.15) is 17.9 Å². The second-order valence-corrected chi connectivity index (χ2v) is 7.80. The molecule has 18 heavy (non-hydrogen) atoms. The van der Waals surface area contributed by atoms with Gasteiger partial charge in [-0.15, -0.1) is 0 Å². The van der Waals surface area contributed by atoms with Gasteiger partial charge in [-0.1, -0.05) is 0 Å². The first-order valence-electron chi connectivity index (χ1n) is 6.07. The monoisotopic (exact) mass is 289 g/mol. The zero-order valence-corrected chi connectivity index (χ0v) is 12.1. The highest BCUT2D eigenvalue weighted by Gasteiger charge is 2.27. The summed E-state index contributed by atoms with van der Waals surface area (Å²) in [5, 5.41) is 3.27. The topological polar surface area (TPSA) is 59.3 Å². The van der Waals surface area contributed by atoms with Gasteiger partial charge in [0.2, 0.25) is 0 Å². The summed E-state index contributed by atoms with van der Waals surface area (Å²) in [4.78, 5) is 0. The molecule has 1 N–H and O–H groups in total. The van der Waals surface area contributed by atoms with E-state index in [-0.39, 0.29) is 5.92 Å². The van der Waals surface area contributed by atoms with E-state index in [0.29, 0.717) is 18.1 Å². The maximum Gasteiger partial charge on any atom is 0.150 e. The lowest BCUT2D eigenvalue weighted by Gasteiger charge is -2.07.